The van der Waals surface area contributed by atoms with Crippen molar-refractivity contribution in [2.45, 2.75) is 52.4 Å². The monoisotopic (exact) mass is 325 g/mol. The first-order valence-electron chi connectivity index (χ1n) is 8.42. The van der Waals surface area contributed by atoms with E-state index in [9.17, 15) is 9.90 Å². The Hall–Kier alpha value is -0.970. The zero-order valence-corrected chi connectivity index (χ0v) is 14.5. The van der Waals surface area contributed by atoms with E-state index in [1.807, 2.05) is 25.6 Å². The Bertz CT molecular complexity index is 453. The lowest BCUT2D eigenvalue weighted by Gasteiger charge is -2.33. The van der Waals surface area contributed by atoms with Gasteiger partial charge in [-0.05, 0) is 50.0 Å². The molecule has 0 radical (unpaired) electrons. The summed E-state index contributed by atoms with van der Waals surface area (Å²) >= 11 is 1.96. The Morgan fingerprint density at radius 3 is 2.86 bits per heavy atom. The van der Waals surface area contributed by atoms with Crippen LogP contribution in [0.3, 0.4) is 0 Å². The molecule has 22 heavy (non-hydrogen) atoms. The topological polar surface area (TPSA) is 58.9 Å². The number of allylic oxidation sites excluding steroid dienone is 2. The number of hydrogen-bond donors (Lipinski definition) is 1. The maximum Gasteiger partial charge on any atom is 0.168 e. The number of carbonyl (C=O) groups excluding carboxylic acids is 1. The van der Waals surface area contributed by atoms with Gasteiger partial charge >= 0.3 is 0 Å². The predicted octanol–water partition coefficient (Wildman–Crippen LogP) is 4.11. The van der Waals surface area contributed by atoms with E-state index in [0.717, 1.165) is 25.0 Å². The molecule has 5 heteroatoms. The zero-order chi connectivity index (χ0) is 15.9. The minimum absolute atomic E-state index is 0.0177. The van der Waals surface area contributed by atoms with Gasteiger partial charge in [-0.3, -0.25) is 4.79 Å². The van der Waals surface area contributed by atoms with E-state index in [4.69, 9.17) is 4.84 Å². The zero-order valence-electron chi connectivity index (χ0n) is 13.6. The molecular weight excluding hydrogens is 298 g/mol. The van der Waals surface area contributed by atoms with Gasteiger partial charge in [0.05, 0.1) is 11.3 Å². The van der Waals surface area contributed by atoms with Crippen LogP contribution in [0.25, 0.3) is 0 Å². The van der Waals surface area contributed by atoms with E-state index >= 15 is 0 Å². The van der Waals surface area contributed by atoms with Crippen molar-refractivity contribution in [3.8, 4) is 0 Å². The number of Topliss-reactive ketones (excluding diaryl/α,β-unsaturated/α-hetero) is 1. The highest BCUT2D eigenvalue weighted by Crippen LogP contribution is 2.39. The number of aliphatic hydroxyl groups is 1. The maximum atomic E-state index is 12.4. The Morgan fingerprint density at radius 2 is 2.23 bits per heavy atom. The molecule has 1 fully saturated rings. The van der Waals surface area contributed by atoms with Crippen LogP contribution >= 0.6 is 11.8 Å². The van der Waals surface area contributed by atoms with Crippen LogP contribution < -0.4 is 0 Å². The van der Waals surface area contributed by atoms with Crippen molar-refractivity contribution in [3.05, 3.63) is 11.3 Å². The number of rotatable bonds is 6. The quantitative estimate of drug-likeness (QED) is 0.589. The smallest absolute Gasteiger partial charge is 0.168 e. The summed E-state index contributed by atoms with van der Waals surface area (Å²) in [7, 11) is 0. The van der Waals surface area contributed by atoms with Crippen molar-refractivity contribution in [2.75, 3.05) is 18.1 Å². The van der Waals surface area contributed by atoms with Crippen LogP contribution in [0.4, 0.5) is 0 Å². The lowest BCUT2D eigenvalue weighted by molar-refractivity contribution is -0.116. The lowest BCUT2D eigenvalue weighted by atomic mass is 9.77. The van der Waals surface area contributed by atoms with Crippen LogP contribution in [0.5, 0.6) is 0 Å². The molecule has 2 atom stereocenters. The number of carbonyl (C=O) groups is 1. The third-order valence-corrected chi connectivity index (χ3v) is 5.65. The van der Waals surface area contributed by atoms with Crippen molar-refractivity contribution >= 4 is 23.3 Å². The van der Waals surface area contributed by atoms with E-state index < -0.39 is 0 Å². The summed E-state index contributed by atoms with van der Waals surface area (Å²) in [6.07, 6.45) is 5.18. The second-order valence-corrected chi connectivity index (χ2v) is 7.16. The van der Waals surface area contributed by atoms with Gasteiger partial charge in [-0.1, -0.05) is 18.5 Å². The Labute approximate surface area is 137 Å². The van der Waals surface area contributed by atoms with Gasteiger partial charge in [0, 0.05) is 12.3 Å². The van der Waals surface area contributed by atoms with Gasteiger partial charge in [0.2, 0.25) is 0 Å². The van der Waals surface area contributed by atoms with Crippen molar-refractivity contribution < 1.29 is 14.7 Å². The van der Waals surface area contributed by atoms with Crippen molar-refractivity contribution in [1.29, 1.82) is 0 Å². The van der Waals surface area contributed by atoms with Crippen LogP contribution in [0.15, 0.2) is 16.5 Å². The Morgan fingerprint density at radius 1 is 1.41 bits per heavy atom. The molecule has 0 aromatic rings. The third kappa shape index (κ3) is 4.06. The first-order valence-corrected chi connectivity index (χ1v) is 9.57. The van der Waals surface area contributed by atoms with Gasteiger partial charge in [0.15, 0.2) is 5.78 Å². The maximum absolute atomic E-state index is 12.4. The number of oxime groups is 1. The average molecular weight is 325 g/mol. The van der Waals surface area contributed by atoms with Crippen LogP contribution in [-0.4, -0.2) is 34.7 Å². The molecule has 4 nitrogen and oxygen atoms in total. The largest absolute Gasteiger partial charge is 0.511 e. The third-order valence-electron chi connectivity index (χ3n) is 4.41. The SMILES string of the molecule is CCCC(=NOCC)C1=C(O)C(C2CCCSC2)CCC1=O. The lowest BCUT2D eigenvalue weighted by Crippen LogP contribution is -2.31. The molecule has 1 aliphatic heterocycles. The van der Waals surface area contributed by atoms with Gasteiger partial charge in [0.25, 0.3) is 0 Å². The fourth-order valence-electron chi connectivity index (χ4n) is 3.32. The van der Waals surface area contributed by atoms with Gasteiger partial charge in [-0.15, -0.1) is 0 Å². The van der Waals surface area contributed by atoms with Gasteiger partial charge < -0.3 is 9.94 Å². The summed E-state index contributed by atoms with van der Waals surface area (Å²) in [5.74, 6) is 3.19. The molecule has 0 spiro atoms. The standard InChI is InChI=1S/C17H27NO3S/c1-3-6-14(18-21-4-2)16-15(19)9-8-13(17(16)20)12-7-5-10-22-11-12/h12-13,20H,3-11H2,1-2H3. The molecule has 1 N–H and O–H groups in total. The van der Waals surface area contributed by atoms with Crippen molar-refractivity contribution in [1.82, 2.24) is 0 Å². The van der Waals surface area contributed by atoms with E-state index in [1.54, 1.807) is 0 Å². The molecule has 2 rings (SSSR count). The van der Waals surface area contributed by atoms with E-state index in [1.165, 1.54) is 12.2 Å². The van der Waals surface area contributed by atoms with Crippen LogP contribution in [0, 0.1) is 11.8 Å². The van der Waals surface area contributed by atoms with Crippen molar-refractivity contribution in [2.24, 2.45) is 17.0 Å². The Balaban J connectivity index is 2.28. The molecule has 1 saturated heterocycles. The minimum Gasteiger partial charge on any atom is -0.511 e. The van der Waals surface area contributed by atoms with Gasteiger partial charge in [-0.2, -0.15) is 11.8 Å². The second kappa shape index (κ2) is 8.61. The fourth-order valence-corrected chi connectivity index (χ4v) is 4.56. The predicted molar refractivity (Wildman–Crippen MR) is 91.4 cm³/mol. The van der Waals surface area contributed by atoms with E-state index in [2.05, 4.69) is 5.16 Å². The van der Waals surface area contributed by atoms with Crippen molar-refractivity contribution in [3.63, 3.8) is 0 Å². The first kappa shape index (κ1) is 17.4. The number of nitrogens with zero attached hydrogens (tertiary/aromatic N) is 1. The van der Waals surface area contributed by atoms with Gasteiger partial charge in [0.1, 0.15) is 12.4 Å². The molecule has 0 saturated carbocycles. The number of ketones is 1. The highest BCUT2D eigenvalue weighted by molar-refractivity contribution is 7.99. The second-order valence-electron chi connectivity index (χ2n) is 6.01. The molecule has 2 aliphatic rings. The first-order chi connectivity index (χ1) is 10.7. The summed E-state index contributed by atoms with van der Waals surface area (Å²) in [5, 5.41) is 14.9. The number of aliphatic hydroxyl groups excluding tert-OH is 1. The molecule has 124 valence electrons. The van der Waals surface area contributed by atoms with Crippen LogP contribution in [-0.2, 0) is 9.63 Å². The molecule has 0 bridgehead atoms. The average Bonchev–Trinajstić information content (AvgIpc) is 2.53. The highest BCUT2D eigenvalue weighted by atomic mass is 32.2. The Kier molecular flexibility index (Phi) is 6.80. The molecule has 1 heterocycles. The van der Waals surface area contributed by atoms with Gasteiger partial charge in [-0.25, -0.2) is 0 Å². The molecule has 2 unspecified atom stereocenters. The normalized spacial score (nSPS) is 27.2. The fraction of sp³-hybridized carbons (Fsp3) is 0.765. The summed E-state index contributed by atoms with van der Waals surface area (Å²) in [6, 6.07) is 0. The van der Waals surface area contributed by atoms with Crippen LogP contribution in [0.1, 0.15) is 52.4 Å². The summed E-state index contributed by atoms with van der Waals surface area (Å²) in [5.41, 5.74) is 1.07. The highest BCUT2D eigenvalue weighted by Gasteiger charge is 2.36. The summed E-state index contributed by atoms with van der Waals surface area (Å²) in [4.78, 5) is 17.5. The summed E-state index contributed by atoms with van der Waals surface area (Å²) < 4.78 is 0. The minimum atomic E-state index is 0.0177. The summed E-state index contributed by atoms with van der Waals surface area (Å²) in [6.45, 7) is 4.38. The molecule has 0 aromatic heterocycles. The molecule has 0 aromatic carbocycles. The number of thioether (sulfide) groups is 1. The number of hydrogen-bond acceptors (Lipinski definition) is 5. The molecule has 0 amide bonds. The van der Waals surface area contributed by atoms with E-state index in [0.29, 0.717) is 36.7 Å². The van der Waals surface area contributed by atoms with E-state index in [-0.39, 0.29) is 17.5 Å². The van der Waals surface area contributed by atoms with Crippen LogP contribution in [0.2, 0.25) is 0 Å². The molecular formula is C17H27NO3S. The molecule has 1 aliphatic carbocycles.